The van der Waals surface area contributed by atoms with Gasteiger partial charge >= 0.3 is 5.97 Å². The average molecular weight is 471 g/mol. The highest BCUT2D eigenvalue weighted by atomic mass is 32.2. The molecule has 0 saturated heterocycles. The largest absolute Gasteiger partial charge is 0.452 e. The quantitative estimate of drug-likeness (QED) is 0.443. The van der Waals surface area contributed by atoms with Gasteiger partial charge < -0.3 is 10.1 Å². The SMILES string of the molecule is C=CCN(c1ccccc1)S(=O)(=O)c1cccc(C(=O)OCC(=O)NC2CCCCC2C)c1. The van der Waals surface area contributed by atoms with Crippen LogP contribution in [0.5, 0.6) is 0 Å². The van der Waals surface area contributed by atoms with E-state index in [9.17, 15) is 18.0 Å². The lowest BCUT2D eigenvalue weighted by Crippen LogP contribution is -2.42. The lowest BCUT2D eigenvalue weighted by atomic mass is 9.86. The molecule has 1 aliphatic carbocycles. The van der Waals surface area contributed by atoms with E-state index in [2.05, 4.69) is 18.8 Å². The van der Waals surface area contributed by atoms with Gasteiger partial charge in [-0.25, -0.2) is 13.2 Å². The molecule has 0 spiro atoms. The first kappa shape index (κ1) is 24.5. The van der Waals surface area contributed by atoms with Gasteiger partial charge in [-0.2, -0.15) is 0 Å². The smallest absolute Gasteiger partial charge is 0.338 e. The molecule has 0 aromatic heterocycles. The van der Waals surface area contributed by atoms with Crippen LogP contribution in [0.25, 0.3) is 0 Å². The van der Waals surface area contributed by atoms with Gasteiger partial charge in [0.1, 0.15) is 0 Å². The minimum Gasteiger partial charge on any atom is -0.452 e. The zero-order chi connectivity index (χ0) is 23.8. The molecule has 2 unspecified atom stereocenters. The van der Waals surface area contributed by atoms with Crippen LogP contribution in [0, 0.1) is 5.92 Å². The second-order valence-electron chi connectivity index (χ2n) is 8.20. The Morgan fingerprint density at radius 1 is 1.12 bits per heavy atom. The molecule has 0 aliphatic heterocycles. The van der Waals surface area contributed by atoms with E-state index < -0.39 is 22.6 Å². The number of carbonyl (C=O) groups is 2. The van der Waals surface area contributed by atoms with E-state index in [1.54, 1.807) is 30.3 Å². The molecule has 0 radical (unpaired) electrons. The van der Waals surface area contributed by atoms with Crippen molar-refractivity contribution < 1.29 is 22.7 Å². The van der Waals surface area contributed by atoms with Crippen molar-refractivity contribution in [2.75, 3.05) is 17.5 Å². The van der Waals surface area contributed by atoms with Crippen molar-refractivity contribution >= 4 is 27.6 Å². The van der Waals surface area contributed by atoms with Gasteiger partial charge in [-0.1, -0.05) is 50.1 Å². The van der Waals surface area contributed by atoms with Crippen molar-refractivity contribution in [3.63, 3.8) is 0 Å². The van der Waals surface area contributed by atoms with Crippen molar-refractivity contribution in [3.8, 4) is 0 Å². The standard InChI is InChI=1S/C25H30N2O5S/c1-3-16-27(21-12-5-4-6-13-21)33(30,31)22-14-9-11-20(17-22)25(29)32-18-24(28)26-23-15-8-7-10-19(23)2/h3-6,9,11-14,17,19,23H,1,7-8,10,15-16,18H2,2H3,(H,26,28). The molecular weight excluding hydrogens is 440 g/mol. The van der Waals surface area contributed by atoms with E-state index >= 15 is 0 Å². The molecule has 1 saturated carbocycles. The number of esters is 1. The lowest BCUT2D eigenvalue weighted by molar-refractivity contribution is -0.125. The van der Waals surface area contributed by atoms with E-state index in [4.69, 9.17) is 4.74 Å². The molecule has 176 valence electrons. The van der Waals surface area contributed by atoms with E-state index in [0.717, 1.165) is 25.7 Å². The molecule has 2 atom stereocenters. The predicted octanol–water partition coefficient (Wildman–Crippen LogP) is 3.92. The van der Waals surface area contributed by atoms with Crippen molar-refractivity contribution in [1.82, 2.24) is 5.32 Å². The number of carbonyl (C=O) groups excluding carboxylic acids is 2. The summed E-state index contributed by atoms with van der Waals surface area (Å²) >= 11 is 0. The molecule has 0 heterocycles. The van der Waals surface area contributed by atoms with E-state index in [0.29, 0.717) is 11.6 Å². The Labute approximate surface area is 195 Å². The molecule has 0 bridgehead atoms. The fraction of sp³-hybridized carbons (Fsp3) is 0.360. The summed E-state index contributed by atoms with van der Waals surface area (Å²) in [6, 6.07) is 14.4. The van der Waals surface area contributed by atoms with Crippen molar-refractivity contribution in [2.45, 2.75) is 43.5 Å². The molecule has 1 amide bonds. The highest BCUT2D eigenvalue weighted by molar-refractivity contribution is 7.92. The van der Waals surface area contributed by atoms with Crippen LogP contribution in [0.3, 0.4) is 0 Å². The predicted molar refractivity (Wildman–Crippen MR) is 127 cm³/mol. The molecule has 2 aromatic carbocycles. The van der Waals surface area contributed by atoms with Gasteiger partial charge in [-0.3, -0.25) is 9.10 Å². The third kappa shape index (κ3) is 6.22. The molecule has 2 aromatic rings. The lowest BCUT2D eigenvalue weighted by Gasteiger charge is -2.29. The van der Waals surface area contributed by atoms with Crippen molar-refractivity contribution in [3.05, 3.63) is 72.8 Å². The number of ether oxygens (including phenoxy) is 1. The van der Waals surface area contributed by atoms with Crippen LogP contribution < -0.4 is 9.62 Å². The first-order valence-corrected chi connectivity index (χ1v) is 12.5. The van der Waals surface area contributed by atoms with Gasteiger partial charge in [0.15, 0.2) is 6.61 Å². The average Bonchev–Trinajstić information content (AvgIpc) is 2.83. The highest BCUT2D eigenvalue weighted by Crippen LogP contribution is 2.25. The molecule has 33 heavy (non-hydrogen) atoms. The van der Waals surface area contributed by atoms with Gasteiger partial charge in [0.25, 0.3) is 15.9 Å². The fourth-order valence-corrected chi connectivity index (χ4v) is 5.44. The summed E-state index contributed by atoms with van der Waals surface area (Å²) in [5, 5.41) is 2.93. The number of amides is 1. The Bertz CT molecular complexity index is 1080. The summed E-state index contributed by atoms with van der Waals surface area (Å²) in [5.41, 5.74) is 0.542. The third-order valence-corrected chi connectivity index (χ3v) is 7.58. The molecule has 1 fully saturated rings. The zero-order valence-corrected chi connectivity index (χ0v) is 19.6. The molecular formula is C25H30N2O5S. The summed E-state index contributed by atoms with van der Waals surface area (Å²) in [7, 11) is -3.95. The third-order valence-electron chi connectivity index (χ3n) is 5.79. The number of hydrogen-bond acceptors (Lipinski definition) is 5. The first-order chi connectivity index (χ1) is 15.8. The van der Waals surface area contributed by atoms with E-state index in [-0.39, 0.29) is 29.0 Å². The second kappa shape index (κ2) is 11.1. The topological polar surface area (TPSA) is 92.8 Å². The Morgan fingerprint density at radius 2 is 1.85 bits per heavy atom. The Kier molecular flexibility index (Phi) is 8.27. The van der Waals surface area contributed by atoms with Gasteiger partial charge in [0.2, 0.25) is 0 Å². The fourth-order valence-electron chi connectivity index (χ4n) is 3.96. The van der Waals surface area contributed by atoms with Crippen molar-refractivity contribution in [2.24, 2.45) is 5.92 Å². The monoisotopic (exact) mass is 470 g/mol. The molecule has 1 aliphatic rings. The minimum absolute atomic E-state index is 0.0527. The van der Waals surface area contributed by atoms with Gasteiger partial charge in [0, 0.05) is 6.04 Å². The van der Waals surface area contributed by atoms with Gasteiger partial charge in [-0.15, -0.1) is 6.58 Å². The number of benzene rings is 2. The summed E-state index contributed by atoms with van der Waals surface area (Å²) in [6.07, 6.45) is 5.72. The van der Waals surface area contributed by atoms with Crippen LogP contribution in [0.15, 0.2) is 72.1 Å². The van der Waals surface area contributed by atoms with Crippen LogP contribution in [0.4, 0.5) is 5.69 Å². The van der Waals surface area contributed by atoms with E-state index in [1.807, 2.05) is 0 Å². The second-order valence-corrected chi connectivity index (χ2v) is 10.1. The normalized spacial score (nSPS) is 18.2. The molecule has 8 heteroatoms. The maximum Gasteiger partial charge on any atom is 0.338 e. The van der Waals surface area contributed by atoms with Crippen molar-refractivity contribution in [1.29, 1.82) is 0 Å². The number of anilines is 1. The van der Waals surface area contributed by atoms with Crippen LogP contribution >= 0.6 is 0 Å². The number of sulfonamides is 1. The van der Waals surface area contributed by atoms with Crippen LogP contribution in [0.2, 0.25) is 0 Å². The van der Waals surface area contributed by atoms with Gasteiger partial charge in [0.05, 0.1) is 22.7 Å². The molecule has 7 nitrogen and oxygen atoms in total. The summed E-state index contributed by atoms with van der Waals surface area (Å²) in [6.45, 7) is 5.41. The minimum atomic E-state index is -3.95. The maximum absolute atomic E-state index is 13.3. The Morgan fingerprint density at radius 3 is 2.55 bits per heavy atom. The zero-order valence-electron chi connectivity index (χ0n) is 18.8. The Hall–Kier alpha value is -3.13. The first-order valence-electron chi connectivity index (χ1n) is 11.1. The van der Waals surface area contributed by atoms with Crippen LogP contribution in [0.1, 0.15) is 43.0 Å². The molecule has 3 rings (SSSR count). The summed E-state index contributed by atoms with van der Waals surface area (Å²) in [4.78, 5) is 24.7. The highest BCUT2D eigenvalue weighted by Gasteiger charge is 2.26. The Balaban J connectivity index is 1.69. The number of nitrogens with zero attached hydrogens (tertiary/aromatic N) is 1. The summed E-state index contributed by atoms with van der Waals surface area (Å²) in [5.74, 6) is -0.718. The van der Waals surface area contributed by atoms with Crippen LogP contribution in [-0.4, -0.2) is 39.5 Å². The van der Waals surface area contributed by atoms with Crippen LogP contribution in [-0.2, 0) is 19.6 Å². The van der Waals surface area contributed by atoms with Gasteiger partial charge in [-0.05, 0) is 49.1 Å². The van der Waals surface area contributed by atoms with E-state index in [1.165, 1.54) is 34.6 Å². The maximum atomic E-state index is 13.3. The number of nitrogens with one attached hydrogen (secondary N) is 1. The number of rotatable bonds is 9. The summed E-state index contributed by atoms with van der Waals surface area (Å²) < 4.78 is 32.9. The number of para-hydroxylation sites is 1. The number of hydrogen-bond donors (Lipinski definition) is 1. The molecule has 1 N–H and O–H groups in total.